The number of esters is 1. The largest absolute Gasteiger partial charge is 0.466 e. The number of carbonyl (C=O) groups excluding carboxylic acids is 1. The van der Waals surface area contributed by atoms with Crippen LogP contribution in [0, 0.1) is 11.8 Å². The number of carbonyl (C=O) groups is 1. The van der Waals surface area contributed by atoms with E-state index in [4.69, 9.17) is 22.1 Å². The number of nitrogens with two attached hydrogens (primary N) is 1. The van der Waals surface area contributed by atoms with Crippen LogP contribution in [0.3, 0.4) is 0 Å². The lowest BCUT2D eigenvalue weighted by Crippen LogP contribution is -2.11. The Morgan fingerprint density at radius 2 is 2.04 bits per heavy atom. The molecule has 8 heteroatoms. The monoisotopic (exact) mass is 342 g/mol. The number of aromatic nitrogens is 1. The number of benzene rings is 1. The van der Waals surface area contributed by atoms with E-state index < -0.39 is 35.6 Å². The summed E-state index contributed by atoms with van der Waals surface area (Å²) >= 11 is 5.82. The fraction of sp³-hybridized carbons (Fsp3) is 0.200. The molecule has 0 bridgehead atoms. The molecule has 0 radical (unpaired) electrons. The van der Waals surface area contributed by atoms with Crippen LogP contribution in [0.5, 0.6) is 11.5 Å². The third-order valence-electron chi connectivity index (χ3n) is 2.70. The molecule has 0 saturated heterocycles. The summed E-state index contributed by atoms with van der Waals surface area (Å²) in [5.74, 6) is -2.98. The highest BCUT2D eigenvalue weighted by Crippen LogP contribution is 2.30. The van der Waals surface area contributed by atoms with Gasteiger partial charge < -0.3 is 15.2 Å². The van der Waals surface area contributed by atoms with Crippen molar-refractivity contribution in [3.63, 3.8) is 0 Å². The molecule has 0 unspecified atom stereocenters. The number of anilines is 1. The first-order valence-corrected chi connectivity index (χ1v) is 7.01. The molecule has 0 aliphatic carbocycles. The van der Waals surface area contributed by atoms with Gasteiger partial charge in [-0.1, -0.05) is 11.6 Å². The molecule has 122 valence electrons. The minimum Gasteiger partial charge on any atom is -0.466 e. The van der Waals surface area contributed by atoms with Crippen LogP contribution in [0.2, 0.25) is 5.02 Å². The number of hydrogen-bond donors (Lipinski definition) is 1. The zero-order chi connectivity index (χ0) is 17.0. The average Bonchev–Trinajstić information content (AvgIpc) is 2.43. The summed E-state index contributed by atoms with van der Waals surface area (Å²) in [6, 6.07) is 5.03. The standard InChI is InChI=1S/C15H13ClF2N2O3/c1-2-22-14(21)6-11-15(18)12(7-13(17)20-11)23-10-4-8(16)3-9(19)5-10/h3-5,7H,2,6,19H2,1H3. The quantitative estimate of drug-likeness (QED) is 0.511. The van der Waals surface area contributed by atoms with E-state index >= 15 is 0 Å². The molecule has 5 nitrogen and oxygen atoms in total. The number of rotatable bonds is 5. The second kappa shape index (κ2) is 7.23. The molecule has 1 heterocycles. The van der Waals surface area contributed by atoms with Crippen LogP contribution >= 0.6 is 11.6 Å². The number of ether oxygens (including phenoxy) is 2. The number of nitrogen functional groups attached to an aromatic ring is 1. The summed E-state index contributed by atoms with van der Waals surface area (Å²) in [7, 11) is 0. The predicted molar refractivity (Wildman–Crippen MR) is 80.4 cm³/mol. The number of hydrogen-bond acceptors (Lipinski definition) is 5. The maximum atomic E-state index is 14.3. The maximum Gasteiger partial charge on any atom is 0.311 e. The Labute approximate surface area is 136 Å². The molecule has 0 aliphatic heterocycles. The zero-order valence-electron chi connectivity index (χ0n) is 12.1. The molecule has 0 spiro atoms. The lowest BCUT2D eigenvalue weighted by Gasteiger charge is -2.10. The van der Waals surface area contributed by atoms with Crippen LogP contribution in [-0.2, 0) is 16.0 Å². The minimum atomic E-state index is -0.990. The fourth-order valence-corrected chi connectivity index (χ4v) is 2.07. The Bertz CT molecular complexity index is 721. The van der Waals surface area contributed by atoms with Crippen LogP contribution in [-0.4, -0.2) is 17.6 Å². The highest BCUT2D eigenvalue weighted by atomic mass is 35.5. The molecule has 1 aromatic heterocycles. The van der Waals surface area contributed by atoms with Gasteiger partial charge >= 0.3 is 5.97 Å². The Kier molecular flexibility index (Phi) is 5.33. The van der Waals surface area contributed by atoms with Crippen molar-refractivity contribution in [2.45, 2.75) is 13.3 Å². The summed E-state index contributed by atoms with van der Waals surface area (Å²) in [6.07, 6.45) is -0.508. The highest BCUT2D eigenvalue weighted by molar-refractivity contribution is 6.31. The average molecular weight is 343 g/mol. The molecule has 0 aliphatic rings. The first kappa shape index (κ1) is 17.0. The number of halogens is 3. The van der Waals surface area contributed by atoms with E-state index in [2.05, 4.69) is 9.72 Å². The first-order valence-electron chi connectivity index (χ1n) is 6.63. The third-order valence-corrected chi connectivity index (χ3v) is 2.92. The van der Waals surface area contributed by atoms with Crippen LogP contribution in [0.1, 0.15) is 12.6 Å². The molecule has 2 aromatic rings. The van der Waals surface area contributed by atoms with Crippen molar-refractivity contribution in [2.75, 3.05) is 12.3 Å². The fourth-order valence-electron chi connectivity index (χ4n) is 1.83. The van der Waals surface area contributed by atoms with E-state index in [0.717, 1.165) is 6.07 Å². The molecule has 1 aromatic carbocycles. The van der Waals surface area contributed by atoms with Crippen molar-refractivity contribution in [1.29, 1.82) is 0 Å². The molecular weight excluding hydrogens is 330 g/mol. The topological polar surface area (TPSA) is 74.4 Å². The Morgan fingerprint density at radius 1 is 1.30 bits per heavy atom. The molecule has 0 atom stereocenters. The van der Waals surface area contributed by atoms with E-state index in [0.29, 0.717) is 5.69 Å². The van der Waals surface area contributed by atoms with Crippen LogP contribution in [0.15, 0.2) is 24.3 Å². The number of pyridine rings is 1. The second-order valence-corrected chi connectivity index (χ2v) is 4.94. The second-order valence-electron chi connectivity index (χ2n) is 4.51. The lowest BCUT2D eigenvalue weighted by atomic mass is 10.2. The molecule has 0 saturated carbocycles. The lowest BCUT2D eigenvalue weighted by molar-refractivity contribution is -0.142. The molecule has 23 heavy (non-hydrogen) atoms. The first-order chi connectivity index (χ1) is 10.9. The Hall–Kier alpha value is -2.41. The van der Waals surface area contributed by atoms with Gasteiger partial charge in [-0.05, 0) is 19.1 Å². The van der Waals surface area contributed by atoms with Crippen LogP contribution < -0.4 is 10.5 Å². The van der Waals surface area contributed by atoms with Gasteiger partial charge in [0.1, 0.15) is 5.75 Å². The zero-order valence-corrected chi connectivity index (χ0v) is 12.9. The molecular formula is C15H13ClF2N2O3. The van der Waals surface area contributed by atoms with Crippen LogP contribution in [0.25, 0.3) is 0 Å². The van der Waals surface area contributed by atoms with E-state index in [1.54, 1.807) is 6.92 Å². The van der Waals surface area contributed by atoms with Gasteiger partial charge in [-0.15, -0.1) is 0 Å². The SMILES string of the molecule is CCOC(=O)Cc1nc(F)cc(Oc2cc(N)cc(Cl)c2)c1F. The summed E-state index contributed by atoms with van der Waals surface area (Å²) in [4.78, 5) is 14.8. The summed E-state index contributed by atoms with van der Waals surface area (Å²) in [5, 5.41) is 0.279. The maximum absolute atomic E-state index is 14.3. The number of nitrogens with zero attached hydrogens (tertiary/aromatic N) is 1. The Balaban J connectivity index is 2.31. The predicted octanol–water partition coefficient (Wildman–Crippen LogP) is 3.49. The van der Waals surface area contributed by atoms with Gasteiger partial charge in [-0.25, -0.2) is 9.37 Å². The van der Waals surface area contributed by atoms with Gasteiger partial charge in [0.15, 0.2) is 11.6 Å². The van der Waals surface area contributed by atoms with E-state index in [1.165, 1.54) is 18.2 Å². The van der Waals surface area contributed by atoms with E-state index in [1.807, 2.05) is 0 Å². The van der Waals surface area contributed by atoms with Gasteiger partial charge in [-0.2, -0.15) is 4.39 Å². The Morgan fingerprint density at radius 3 is 2.70 bits per heavy atom. The van der Waals surface area contributed by atoms with E-state index in [9.17, 15) is 13.6 Å². The van der Waals surface area contributed by atoms with Gasteiger partial charge in [0.05, 0.1) is 18.7 Å². The minimum absolute atomic E-state index is 0.126. The molecule has 2 rings (SSSR count). The van der Waals surface area contributed by atoms with Crippen molar-refractivity contribution >= 4 is 23.3 Å². The molecule has 2 N–H and O–H groups in total. The molecule has 0 fully saturated rings. The summed E-state index contributed by atoms with van der Waals surface area (Å²) in [5.41, 5.74) is 5.50. The van der Waals surface area contributed by atoms with Crippen LogP contribution in [0.4, 0.5) is 14.5 Å². The van der Waals surface area contributed by atoms with Gasteiger partial charge in [0.25, 0.3) is 0 Å². The van der Waals surface area contributed by atoms with Crippen molar-refractivity contribution in [2.24, 2.45) is 0 Å². The van der Waals surface area contributed by atoms with E-state index in [-0.39, 0.29) is 17.4 Å². The van der Waals surface area contributed by atoms with Gasteiger partial charge in [0, 0.05) is 22.8 Å². The summed E-state index contributed by atoms with van der Waals surface area (Å²) in [6.45, 7) is 1.73. The molecule has 0 amide bonds. The van der Waals surface area contributed by atoms with Crippen molar-refractivity contribution in [3.05, 3.63) is 46.7 Å². The normalized spacial score (nSPS) is 10.4. The summed E-state index contributed by atoms with van der Waals surface area (Å²) < 4.78 is 37.8. The van der Waals surface area contributed by atoms with Crippen molar-refractivity contribution in [1.82, 2.24) is 4.98 Å². The smallest absolute Gasteiger partial charge is 0.311 e. The van der Waals surface area contributed by atoms with Gasteiger partial charge in [-0.3, -0.25) is 4.79 Å². The third kappa shape index (κ3) is 4.53. The van der Waals surface area contributed by atoms with Crippen molar-refractivity contribution in [3.8, 4) is 11.5 Å². The van der Waals surface area contributed by atoms with Crippen molar-refractivity contribution < 1.29 is 23.0 Å². The highest BCUT2D eigenvalue weighted by Gasteiger charge is 2.18. The van der Waals surface area contributed by atoms with Gasteiger partial charge in [0.2, 0.25) is 5.95 Å².